The second-order valence-electron chi connectivity index (χ2n) is 7.92. The molecule has 3 heteroatoms. The molecule has 1 aromatic heterocycles. The van der Waals surface area contributed by atoms with Crippen molar-refractivity contribution < 1.29 is 20.4 Å². The van der Waals surface area contributed by atoms with E-state index in [1.54, 1.807) is 0 Å². The first-order valence-corrected chi connectivity index (χ1v) is 9.39. The van der Waals surface area contributed by atoms with Gasteiger partial charge in [-0.25, -0.2) is 0 Å². The third kappa shape index (κ3) is 4.26. The monoisotopic (exact) mass is 432 g/mol. The summed E-state index contributed by atoms with van der Waals surface area (Å²) in [5.41, 5.74) is 9.50. The molecule has 0 N–H and O–H groups in total. The molecule has 142 valence electrons. The summed E-state index contributed by atoms with van der Waals surface area (Å²) in [5, 5.41) is 5.10. The fourth-order valence-corrected chi connectivity index (χ4v) is 3.78. The Hall–Kier alpha value is -0.908. The molecule has 1 atom stereocenters. The molecule has 0 spiro atoms. The molecular formula is C22H34N2Pd. The maximum Gasteiger partial charge on any atom is 0.0734 e. The molecule has 2 rings (SSSR count). The third-order valence-corrected chi connectivity index (χ3v) is 5.02. The summed E-state index contributed by atoms with van der Waals surface area (Å²) in [5.74, 6) is 0.922. The molecule has 1 unspecified atom stereocenters. The van der Waals surface area contributed by atoms with Gasteiger partial charge >= 0.3 is 0 Å². The van der Waals surface area contributed by atoms with Gasteiger partial charge in [0, 0.05) is 43.6 Å². The van der Waals surface area contributed by atoms with E-state index in [1.807, 2.05) is 0 Å². The standard InChI is InChI=1S/C22H34N2.Pd/c1-10-16(7)21-20(19-17(8)11-15(6)12-18(19)9)22(13(2)3)24(23-21)14(4)5;/h11-14,16H,10H2,1-9H3;. The van der Waals surface area contributed by atoms with E-state index in [-0.39, 0.29) is 20.4 Å². The van der Waals surface area contributed by atoms with Crippen LogP contribution in [0.5, 0.6) is 0 Å². The molecule has 1 aromatic carbocycles. The van der Waals surface area contributed by atoms with Gasteiger partial charge in [-0.15, -0.1) is 0 Å². The second-order valence-corrected chi connectivity index (χ2v) is 7.92. The predicted molar refractivity (Wildman–Crippen MR) is 105 cm³/mol. The van der Waals surface area contributed by atoms with Crippen LogP contribution in [0.2, 0.25) is 0 Å². The van der Waals surface area contributed by atoms with Crippen LogP contribution in [-0.2, 0) is 20.4 Å². The van der Waals surface area contributed by atoms with E-state index in [4.69, 9.17) is 5.10 Å². The topological polar surface area (TPSA) is 17.8 Å². The van der Waals surface area contributed by atoms with Gasteiger partial charge in [0.05, 0.1) is 5.69 Å². The van der Waals surface area contributed by atoms with E-state index >= 15 is 0 Å². The SMILES string of the molecule is CCC(C)c1nn(C(C)C)c(C(C)C)c1-c1c(C)cc(C)cc1C.[Pd]. The Morgan fingerprint density at radius 1 is 0.920 bits per heavy atom. The Labute approximate surface area is 168 Å². The molecule has 2 nitrogen and oxygen atoms in total. The molecule has 0 saturated carbocycles. The summed E-state index contributed by atoms with van der Waals surface area (Å²) in [4.78, 5) is 0. The van der Waals surface area contributed by atoms with Gasteiger partial charge in [0.1, 0.15) is 0 Å². The van der Waals surface area contributed by atoms with Crippen LogP contribution >= 0.6 is 0 Å². The van der Waals surface area contributed by atoms with Crippen LogP contribution in [0.15, 0.2) is 12.1 Å². The molecule has 0 saturated heterocycles. The van der Waals surface area contributed by atoms with E-state index in [1.165, 1.54) is 39.2 Å². The molecule has 0 bridgehead atoms. The van der Waals surface area contributed by atoms with Gasteiger partial charge in [0.15, 0.2) is 0 Å². The summed E-state index contributed by atoms with van der Waals surface area (Å²) in [6.45, 7) is 20.3. The van der Waals surface area contributed by atoms with Gasteiger partial charge < -0.3 is 0 Å². The summed E-state index contributed by atoms with van der Waals surface area (Å²) < 4.78 is 2.26. The van der Waals surface area contributed by atoms with Crippen molar-refractivity contribution in [1.29, 1.82) is 0 Å². The van der Waals surface area contributed by atoms with Gasteiger partial charge in [-0.05, 0) is 63.6 Å². The summed E-state index contributed by atoms with van der Waals surface area (Å²) in [6.07, 6.45) is 1.11. The van der Waals surface area contributed by atoms with Gasteiger partial charge in [-0.1, -0.05) is 45.4 Å². The minimum Gasteiger partial charge on any atom is -0.266 e. The Bertz CT molecular complexity index is 703. The maximum atomic E-state index is 5.10. The first-order valence-electron chi connectivity index (χ1n) is 9.39. The van der Waals surface area contributed by atoms with Crippen molar-refractivity contribution in [3.05, 3.63) is 40.2 Å². The molecule has 25 heavy (non-hydrogen) atoms. The Kier molecular flexibility index (Phi) is 7.66. The minimum atomic E-state index is 0. The number of rotatable bonds is 5. The van der Waals surface area contributed by atoms with Gasteiger partial charge in [-0.3, -0.25) is 4.68 Å². The van der Waals surface area contributed by atoms with Gasteiger partial charge in [0.2, 0.25) is 0 Å². The maximum absolute atomic E-state index is 5.10. The number of benzene rings is 1. The number of nitrogens with zero attached hydrogens (tertiary/aromatic N) is 2. The molecule has 0 amide bonds. The van der Waals surface area contributed by atoms with Crippen LogP contribution in [-0.4, -0.2) is 9.78 Å². The fraction of sp³-hybridized carbons (Fsp3) is 0.591. The number of hydrogen-bond acceptors (Lipinski definition) is 1. The zero-order chi connectivity index (χ0) is 18.2. The summed E-state index contributed by atoms with van der Waals surface area (Å²) >= 11 is 0. The van der Waals surface area contributed by atoms with Crippen molar-refractivity contribution in [2.75, 3.05) is 0 Å². The van der Waals surface area contributed by atoms with Crippen molar-refractivity contribution in [2.45, 2.75) is 86.6 Å². The number of aromatic nitrogens is 2. The third-order valence-electron chi connectivity index (χ3n) is 5.02. The largest absolute Gasteiger partial charge is 0.266 e. The van der Waals surface area contributed by atoms with E-state index in [2.05, 4.69) is 79.1 Å². The molecular weight excluding hydrogens is 399 g/mol. The summed E-state index contributed by atoms with van der Waals surface area (Å²) in [7, 11) is 0. The normalized spacial score (nSPS) is 12.6. The average molecular weight is 433 g/mol. The van der Waals surface area contributed by atoms with E-state index in [9.17, 15) is 0 Å². The zero-order valence-corrected chi connectivity index (χ0v) is 18.9. The van der Waals surface area contributed by atoms with E-state index in [0.29, 0.717) is 17.9 Å². The molecule has 0 fully saturated rings. The van der Waals surface area contributed by atoms with Crippen LogP contribution in [0.3, 0.4) is 0 Å². The summed E-state index contributed by atoms with van der Waals surface area (Å²) in [6, 6.07) is 4.99. The van der Waals surface area contributed by atoms with Crippen LogP contribution in [0.4, 0.5) is 0 Å². The molecule has 2 aromatic rings. The Balaban J connectivity index is 0.00000312. The molecule has 1 heterocycles. The zero-order valence-electron chi connectivity index (χ0n) is 17.3. The average Bonchev–Trinajstić information content (AvgIpc) is 2.86. The van der Waals surface area contributed by atoms with Crippen LogP contribution in [0.25, 0.3) is 11.1 Å². The number of hydrogen-bond donors (Lipinski definition) is 0. The molecule has 0 aliphatic rings. The fourth-order valence-electron chi connectivity index (χ4n) is 3.78. The first-order chi connectivity index (χ1) is 11.2. The van der Waals surface area contributed by atoms with E-state index in [0.717, 1.165) is 6.42 Å². The second kappa shape index (κ2) is 8.65. The smallest absolute Gasteiger partial charge is 0.0734 e. The van der Waals surface area contributed by atoms with Gasteiger partial charge in [0.25, 0.3) is 0 Å². The quantitative estimate of drug-likeness (QED) is 0.481. The Morgan fingerprint density at radius 2 is 1.44 bits per heavy atom. The van der Waals surface area contributed by atoms with Gasteiger partial charge in [-0.2, -0.15) is 5.10 Å². The molecule has 0 aliphatic heterocycles. The van der Waals surface area contributed by atoms with Crippen molar-refractivity contribution in [2.24, 2.45) is 0 Å². The van der Waals surface area contributed by atoms with Crippen LogP contribution < -0.4 is 0 Å². The van der Waals surface area contributed by atoms with Crippen molar-refractivity contribution in [3.8, 4) is 11.1 Å². The van der Waals surface area contributed by atoms with Crippen LogP contribution in [0.1, 0.15) is 93.9 Å². The minimum absolute atomic E-state index is 0. The molecule has 0 aliphatic carbocycles. The van der Waals surface area contributed by atoms with E-state index < -0.39 is 0 Å². The predicted octanol–water partition coefficient (Wildman–Crippen LogP) is 6.69. The Morgan fingerprint density at radius 3 is 1.84 bits per heavy atom. The molecule has 0 radical (unpaired) electrons. The van der Waals surface area contributed by atoms with Crippen molar-refractivity contribution in [1.82, 2.24) is 9.78 Å². The van der Waals surface area contributed by atoms with Crippen molar-refractivity contribution >= 4 is 0 Å². The van der Waals surface area contributed by atoms with Crippen LogP contribution in [0, 0.1) is 20.8 Å². The first kappa shape index (κ1) is 22.1. The van der Waals surface area contributed by atoms with Crippen molar-refractivity contribution in [3.63, 3.8) is 0 Å². The number of aryl methyl sites for hydroxylation is 3.